The number of para-hydroxylation sites is 1. The zero-order valence-corrected chi connectivity index (χ0v) is 12.8. The van der Waals surface area contributed by atoms with Gasteiger partial charge in [0, 0.05) is 11.6 Å². The van der Waals surface area contributed by atoms with E-state index in [-0.39, 0.29) is 18.9 Å². The van der Waals surface area contributed by atoms with Crippen molar-refractivity contribution in [1.29, 1.82) is 0 Å². The van der Waals surface area contributed by atoms with Gasteiger partial charge in [0.2, 0.25) is 5.91 Å². The molecule has 1 N–H and O–H groups in total. The number of hydrogen-bond acceptors (Lipinski definition) is 2. The summed E-state index contributed by atoms with van der Waals surface area (Å²) in [6.07, 6.45) is 0.260. The summed E-state index contributed by atoms with van der Waals surface area (Å²) in [7, 11) is 0. The van der Waals surface area contributed by atoms with Gasteiger partial charge in [0.15, 0.2) is 0 Å². The Labute approximate surface area is 133 Å². The summed E-state index contributed by atoms with van der Waals surface area (Å²) in [6, 6.07) is 14.6. The van der Waals surface area contributed by atoms with Gasteiger partial charge < -0.3 is 10.1 Å². The van der Waals surface area contributed by atoms with E-state index in [1.807, 2.05) is 30.3 Å². The van der Waals surface area contributed by atoms with Gasteiger partial charge in [0.25, 0.3) is 0 Å². The smallest absolute Gasteiger partial charge is 0.223 e. The first kappa shape index (κ1) is 15.7. The van der Waals surface area contributed by atoms with E-state index in [0.717, 1.165) is 5.56 Å². The van der Waals surface area contributed by atoms with E-state index in [0.29, 0.717) is 22.3 Å². The lowest BCUT2D eigenvalue weighted by Gasteiger charge is -2.09. The Morgan fingerprint density at radius 2 is 1.67 bits per heavy atom. The first-order valence-electron chi connectivity index (χ1n) is 6.54. The topological polar surface area (TPSA) is 38.3 Å². The molecule has 0 heterocycles. The molecular formula is C16H15Cl2NO2. The molecule has 0 aliphatic rings. The van der Waals surface area contributed by atoms with Crippen LogP contribution in [0, 0.1) is 0 Å². The van der Waals surface area contributed by atoms with Crippen LogP contribution in [-0.2, 0) is 11.3 Å². The number of rotatable bonds is 6. The summed E-state index contributed by atoms with van der Waals surface area (Å²) >= 11 is 12.0. The quantitative estimate of drug-likeness (QED) is 0.869. The van der Waals surface area contributed by atoms with Gasteiger partial charge >= 0.3 is 0 Å². The molecule has 0 fully saturated rings. The molecule has 5 heteroatoms. The zero-order valence-electron chi connectivity index (χ0n) is 11.3. The Bertz CT molecular complexity index is 617. The SMILES string of the molecule is O=C(CCOc1ccccc1Cl)NCc1ccccc1Cl. The average molecular weight is 324 g/mol. The first-order valence-corrected chi connectivity index (χ1v) is 7.30. The Balaban J connectivity index is 1.73. The van der Waals surface area contributed by atoms with Gasteiger partial charge in [0.1, 0.15) is 5.75 Å². The minimum atomic E-state index is -0.0954. The Morgan fingerprint density at radius 1 is 1.00 bits per heavy atom. The van der Waals surface area contributed by atoms with Gasteiger partial charge in [-0.15, -0.1) is 0 Å². The number of carbonyl (C=O) groups excluding carboxylic acids is 1. The third kappa shape index (κ3) is 4.96. The number of ether oxygens (including phenoxy) is 1. The second-order valence-electron chi connectivity index (χ2n) is 4.40. The van der Waals surface area contributed by atoms with Crippen molar-refractivity contribution in [2.45, 2.75) is 13.0 Å². The summed E-state index contributed by atoms with van der Waals surface area (Å²) < 4.78 is 5.46. The van der Waals surface area contributed by atoms with Crippen molar-refractivity contribution in [3.63, 3.8) is 0 Å². The molecule has 0 atom stereocenters. The van der Waals surface area contributed by atoms with E-state index in [2.05, 4.69) is 5.32 Å². The number of carbonyl (C=O) groups is 1. The predicted molar refractivity (Wildman–Crippen MR) is 84.9 cm³/mol. The molecule has 0 unspecified atom stereocenters. The van der Waals surface area contributed by atoms with Crippen molar-refractivity contribution in [1.82, 2.24) is 5.32 Å². The lowest BCUT2D eigenvalue weighted by molar-refractivity contribution is -0.121. The minimum absolute atomic E-state index is 0.0954. The Morgan fingerprint density at radius 3 is 2.38 bits per heavy atom. The fourth-order valence-electron chi connectivity index (χ4n) is 1.74. The van der Waals surface area contributed by atoms with Gasteiger partial charge in [0.05, 0.1) is 18.1 Å². The van der Waals surface area contributed by atoms with Crippen LogP contribution in [0.4, 0.5) is 0 Å². The number of amides is 1. The van der Waals surface area contributed by atoms with Crippen molar-refractivity contribution in [3.8, 4) is 5.75 Å². The summed E-state index contributed by atoms with van der Waals surface area (Å²) in [5, 5.41) is 3.98. The summed E-state index contributed by atoms with van der Waals surface area (Å²) in [5.41, 5.74) is 0.888. The standard InChI is InChI=1S/C16H15Cl2NO2/c17-13-6-2-1-5-12(13)11-19-16(20)9-10-21-15-8-4-3-7-14(15)18/h1-8H,9-11H2,(H,19,20). The van der Waals surface area contributed by atoms with Crippen LogP contribution in [0.5, 0.6) is 5.75 Å². The molecule has 0 aliphatic carbocycles. The van der Waals surface area contributed by atoms with Crippen molar-refractivity contribution < 1.29 is 9.53 Å². The van der Waals surface area contributed by atoms with Crippen LogP contribution >= 0.6 is 23.2 Å². The third-order valence-corrected chi connectivity index (χ3v) is 3.54. The molecule has 0 radical (unpaired) electrons. The summed E-state index contributed by atoms with van der Waals surface area (Å²) in [5.74, 6) is 0.486. The van der Waals surface area contributed by atoms with Crippen molar-refractivity contribution >= 4 is 29.1 Å². The molecule has 1 amide bonds. The molecule has 21 heavy (non-hydrogen) atoms. The molecule has 0 aromatic heterocycles. The van der Waals surface area contributed by atoms with Gasteiger partial charge in [-0.1, -0.05) is 53.5 Å². The van der Waals surface area contributed by atoms with E-state index < -0.39 is 0 Å². The largest absolute Gasteiger partial charge is 0.491 e. The van der Waals surface area contributed by atoms with Crippen LogP contribution in [0.2, 0.25) is 10.0 Å². The normalized spacial score (nSPS) is 10.2. The number of hydrogen-bond donors (Lipinski definition) is 1. The molecule has 0 aliphatic heterocycles. The fourth-order valence-corrected chi connectivity index (χ4v) is 2.13. The highest BCUT2D eigenvalue weighted by Gasteiger charge is 2.05. The molecule has 2 rings (SSSR count). The second-order valence-corrected chi connectivity index (χ2v) is 5.21. The average Bonchev–Trinajstić information content (AvgIpc) is 2.48. The summed E-state index contributed by atoms with van der Waals surface area (Å²) in [6.45, 7) is 0.683. The number of benzene rings is 2. The maximum atomic E-state index is 11.7. The monoisotopic (exact) mass is 323 g/mol. The van der Waals surface area contributed by atoms with Crippen LogP contribution in [0.25, 0.3) is 0 Å². The first-order chi connectivity index (χ1) is 10.2. The van der Waals surface area contributed by atoms with Crippen LogP contribution in [0.1, 0.15) is 12.0 Å². The van der Waals surface area contributed by atoms with E-state index in [4.69, 9.17) is 27.9 Å². The zero-order chi connectivity index (χ0) is 15.1. The van der Waals surface area contributed by atoms with Crippen LogP contribution < -0.4 is 10.1 Å². The van der Waals surface area contributed by atoms with Crippen LogP contribution in [0.15, 0.2) is 48.5 Å². The molecule has 0 spiro atoms. The van der Waals surface area contributed by atoms with E-state index in [9.17, 15) is 4.79 Å². The molecule has 2 aromatic rings. The highest BCUT2D eigenvalue weighted by Crippen LogP contribution is 2.23. The lowest BCUT2D eigenvalue weighted by atomic mass is 10.2. The van der Waals surface area contributed by atoms with E-state index in [1.165, 1.54) is 0 Å². The predicted octanol–water partition coefficient (Wildman–Crippen LogP) is 4.08. The van der Waals surface area contributed by atoms with E-state index in [1.54, 1.807) is 18.2 Å². The summed E-state index contributed by atoms with van der Waals surface area (Å²) in [4.78, 5) is 11.7. The highest BCUT2D eigenvalue weighted by molar-refractivity contribution is 6.32. The van der Waals surface area contributed by atoms with Crippen LogP contribution in [-0.4, -0.2) is 12.5 Å². The minimum Gasteiger partial charge on any atom is -0.491 e. The maximum absolute atomic E-state index is 11.7. The molecule has 0 saturated carbocycles. The Kier molecular flexibility index (Phi) is 5.90. The molecule has 0 saturated heterocycles. The molecule has 110 valence electrons. The molecule has 3 nitrogen and oxygen atoms in total. The van der Waals surface area contributed by atoms with Crippen LogP contribution in [0.3, 0.4) is 0 Å². The maximum Gasteiger partial charge on any atom is 0.223 e. The number of halogens is 2. The fraction of sp³-hybridized carbons (Fsp3) is 0.188. The molecular weight excluding hydrogens is 309 g/mol. The van der Waals surface area contributed by atoms with E-state index >= 15 is 0 Å². The van der Waals surface area contributed by atoms with Crippen molar-refractivity contribution in [2.24, 2.45) is 0 Å². The second kappa shape index (κ2) is 7.91. The van der Waals surface area contributed by atoms with Gasteiger partial charge in [-0.2, -0.15) is 0 Å². The van der Waals surface area contributed by atoms with Gasteiger partial charge in [-0.05, 0) is 23.8 Å². The van der Waals surface area contributed by atoms with Crippen molar-refractivity contribution in [2.75, 3.05) is 6.61 Å². The lowest BCUT2D eigenvalue weighted by Crippen LogP contribution is -2.24. The van der Waals surface area contributed by atoms with Gasteiger partial charge in [-0.3, -0.25) is 4.79 Å². The van der Waals surface area contributed by atoms with Crippen molar-refractivity contribution in [3.05, 3.63) is 64.1 Å². The third-order valence-electron chi connectivity index (χ3n) is 2.86. The molecule has 0 bridgehead atoms. The molecule has 2 aromatic carbocycles. The van der Waals surface area contributed by atoms with Gasteiger partial charge in [-0.25, -0.2) is 0 Å². The highest BCUT2D eigenvalue weighted by atomic mass is 35.5. The Hall–Kier alpha value is -1.71. The number of nitrogens with one attached hydrogen (secondary N) is 1.